The van der Waals surface area contributed by atoms with E-state index in [0.29, 0.717) is 0 Å². The Hall–Kier alpha value is -0.746. The number of fused-ring (bicyclic) bond motifs is 3. The van der Waals surface area contributed by atoms with Crippen molar-refractivity contribution in [3.05, 3.63) is 23.3 Å². The molecule has 0 spiro atoms. The molecule has 0 amide bonds. The van der Waals surface area contributed by atoms with Gasteiger partial charge in [-0.15, -0.1) is 0 Å². The fraction of sp³-hybridized carbons (Fsp3) is 0.700. The number of rotatable bonds is 6. The van der Waals surface area contributed by atoms with Crippen LogP contribution in [-0.2, 0) is 12.8 Å². The lowest BCUT2D eigenvalue weighted by Crippen LogP contribution is -2.34. The molecule has 0 unspecified atom stereocenters. The van der Waals surface area contributed by atoms with Gasteiger partial charge in [0, 0.05) is 24.5 Å². The molecule has 2 radical (unpaired) electrons. The molecule has 3 rings (SSSR count). The first kappa shape index (κ1) is 18.1. The predicted octanol–water partition coefficient (Wildman–Crippen LogP) is 5.43. The van der Waals surface area contributed by atoms with Crippen LogP contribution in [0, 0.1) is 0 Å². The molecular weight excluding hydrogens is 324 g/mol. The second-order valence-electron chi connectivity index (χ2n) is 7.42. The molecule has 0 bridgehead atoms. The predicted molar refractivity (Wildman–Crippen MR) is 112 cm³/mol. The lowest BCUT2D eigenvalue weighted by atomic mass is 9.93. The summed E-state index contributed by atoms with van der Waals surface area (Å²) in [5, 5.41) is 7.64. The lowest BCUT2D eigenvalue weighted by Gasteiger charge is -2.36. The van der Waals surface area contributed by atoms with Crippen LogP contribution in [0.25, 0.3) is 0 Å². The third-order valence-electron chi connectivity index (χ3n) is 6.35. The molecule has 2 heterocycles. The summed E-state index contributed by atoms with van der Waals surface area (Å²) < 4.78 is 0. The summed E-state index contributed by atoms with van der Waals surface area (Å²) in [6.07, 6.45) is 2.62. The van der Waals surface area contributed by atoms with Gasteiger partial charge in [-0.1, -0.05) is 57.9 Å². The van der Waals surface area contributed by atoms with Crippen molar-refractivity contribution in [3.63, 3.8) is 0 Å². The highest BCUT2D eigenvalue weighted by Gasteiger charge is 2.31. The molecule has 0 aromatic heterocycles. The minimum absolute atomic E-state index is 0.191. The largest absolute Gasteiger partial charge is 0.385 e. The highest BCUT2D eigenvalue weighted by atomic mass is 28.3. The number of nitrogens with one attached hydrogen (secondary N) is 2. The second-order valence-corrected chi connectivity index (χ2v) is 14.5. The maximum atomic E-state index is 3.88. The Morgan fingerprint density at radius 3 is 2.04 bits per heavy atom. The van der Waals surface area contributed by atoms with Gasteiger partial charge in [-0.3, -0.25) is 0 Å². The monoisotopic (exact) mass is 358 g/mol. The molecule has 0 saturated carbocycles. The summed E-state index contributed by atoms with van der Waals surface area (Å²) in [5.41, 5.74) is 7.92. The lowest BCUT2D eigenvalue weighted by molar-refractivity contribution is 0.766. The van der Waals surface area contributed by atoms with Crippen molar-refractivity contribution in [2.75, 3.05) is 23.7 Å². The van der Waals surface area contributed by atoms with Gasteiger partial charge in [0.2, 0.25) is 0 Å². The minimum atomic E-state index is -0.208. The Bertz CT molecular complexity index is 553. The van der Waals surface area contributed by atoms with Crippen LogP contribution in [0.3, 0.4) is 0 Å². The third-order valence-corrected chi connectivity index (χ3v) is 13.1. The van der Waals surface area contributed by atoms with E-state index in [-0.39, 0.29) is 17.6 Å². The molecule has 2 aliphatic heterocycles. The highest BCUT2D eigenvalue weighted by Crippen LogP contribution is 2.41. The number of hydrogen-bond donors (Lipinski definition) is 2. The van der Waals surface area contributed by atoms with Gasteiger partial charge in [-0.2, -0.15) is 0 Å². The molecule has 2 atom stereocenters. The van der Waals surface area contributed by atoms with Crippen molar-refractivity contribution < 1.29 is 0 Å². The fourth-order valence-electron chi connectivity index (χ4n) is 4.81. The van der Waals surface area contributed by atoms with Gasteiger partial charge in [0.1, 0.15) is 0 Å². The third kappa shape index (κ3) is 3.45. The molecule has 2 aliphatic rings. The van der Waals surface area contributed by atoms with Crippen LogP contribution in [0.2, 0.25) is 35.3 Å². The quantitative estimate of drug-likeness (QED) is 0.662. The fourth-order valence-corrected chi connectivity index (χ4v) is 9.90. The molecule has 0 saturated heterocycles. The zero-order valence-corrected chi connectivity index (χ0v) is 18.0. The summed E-state index contributed by atoms with van der Waals surface area (Å²) in [5.74, 6) is 0. The van der Waals surface area contributed by atoms with E-state index in [0.717, 1.165) is 11.1 Å². The van der Waals surface area contributed by atoms with Crippen LogP contribution >= 0.6 is 0 Å². The normalized spacial score (nSPS) is 22.8. The smallest absolute Gasteiger partial charge is 0.0530 e. The van der Waals surface area contributed by atoms with E-state index in [1.807, 2.05) is 0 Å². The van der Waals surface area contributed by atoms with Crippen LogP contribution in [0.1, 0.15) is 38.8 Å². The molecule has 2 nitrogen and oxygen atoms in total. The average molecular weight is 359 g/mol. The molecule has 0 fully saturated rings. The van der Waals surface area contributed by atoms with Gasteiger partial charge in [-0.05, 0) is 41.1 Å². The van der Waals surface area contributed by atoms with Gasteiger partial charge in [0.15, 0.2) is 0 Å². The maximum absolute atomic E-state index is 3.88. The molecule has 1 aromatic rings. The first-order valence-corrected chi connectivity index (χ1v) is 14.0. The summed E-state index contributed by atoms with van der Waals surface area (Å²) >= 11 is 0. The van der Waals surface area contributed by atoms with E-state index in [1.165, 1.54) is 61.5 Å². The molecule has 0 aliphatic carbocycles. The Labute approximate surface area is 152 Å². The molecule has 132 valence electrons. The first-order chi connectivity index (χ1) is 11.7. The molecule has 24 heavy (non-hydrogen) atoms. The second kappa shape index (κ2) is 8.09. The summed E-state index contributed by atoms with van der Waals surface area (Å²) in [6, 6.07) is 10.4. The number of anilines is 2. The van der Waals surface area contributed by atoms with Gasteiger partial charge in [0.25, 0.3) is 0 Å². The van der Waals surface area contributed by atoms with E-state index in [2.05, 4.69) is 50.5 Å². The van der Waals surface area contributed by atoms with Crippen LogP contribution < -0.4 is 10.6 Å². The van der Waals surface area contributed by atoms with Crippen molar-refractivity contribution in [3.8, 4) is 0 Å². The van der Waals surface area contributed by atoms with Gasteiger partial charge < -0.3 is 10.6 Å². The van der Waals surface area contributed by atoms with Gasteiger partial charge in [0.05, 0.1) is 17.6 Å². The van der Waals surface area contributed by atoms with Crippen LogP contribution in [-0.4, -0.2) is 30.7 Å². The van der Waals surface area contributed by atoms with Gasteiger partial charge in [-0.25, -0.2) is 0 Å². The minimum Gasteiger partial charge on any atom is -0.385 e. The first-order valence-electron chi connectivity index (χ1n) is 10.0. The highest BCUT2D eigenvalue weighted by molar-refractivity contribution is 6.61. The topological polar surface area (TPSA) is 24.1 Å². The van der Waals surface area contributed by atoms with Crippen molar-refractivity contribution in [1.29, 1.82) is 0 Å². The van der Waals surface area contributed by atoms with E-state index >= 15 is 0 Å². The van der Waals surface area contributed by atoms with Crippen molar-refractivity contribution in [1.82, 2.24) is 0 Å². The Balaban J connectivity index is 1.82. The maximum Gasteiger partial charge on any atom is 0.0530 e. The summed E-state index contributed by atoms with van der Waals surface area (Å²) in [6.45, 7) is 12.0. The van der Waals surface area contributed by atoms with Crippen molar-refractivity contribution in [2.24, 2.45) is 0 Å². The van der Waals surface area contributed by atoms with E-state index in [9.17, 15) is 0 Å². The molecule has 4 heteroatoms. The van der Waals surface area contributed by atoms with Crippen molar-refractivity contribution in [2.45, 2.75) is 75.8 Å². The van der Waals surface area contributed by atoms with E-state index in [1.54, 1.807) is 11.1 Å². The zero-order valence-electron chi connectivity index (χ0n) is 16.0. The van der Waals surface area contributed by atoms with Gasteiger partial charge >= 0.3 is 0 Å². The number of benzene rings is 1. The molecule has 1 aromatic carbocycles. The standard InChI is InChI=1S/C20H34N2Si2/c1-5-23(6-2)16-11-15-9-10-19-18(20(15)22-14-16)12-17(13-21-19)24(7-3)8-4/h9-10,16-17,21-22H,5-8,11-14H2,1-4H3/t16-,17-/m1/s1. The van der Waals surface area contributed by atoms with E-state index in [4.69, 9.17) is 0 Å². The summed E-state index contributed by atoms with van der Waals surface area (Å²) in [4.78, 5) is 0. The molecular formula is C20H34N2Si2. The zero-order chi connectivity index (χ0) is 17.1. The SMILES string of the molecule is CC[Si](CC)[C@H]1CNc2c(ccc3c2C[C@@H]([Si](CC)CC)CN3)C1. The molecule has 2 N–H and O–H groups in total. The van der Waals surface area contributed by atoms with Crippen LogP contribution in [0.5, 0.6) is 0 Å². The Kier molecular flexibility index (Phi) is 6.09. The Morgan fingerprint density at radius 1 is 0.833 bits per heavy atom. The average Bonchev–Trinajstić information content (AvgIpc) is 2.63. The van der Waals surface area contributed by atoms with Crippen LogP contribution in [0.15, 0.2) is 12.1 Å². The number of hydrogen-bond acceptors (Lipinski definition) is 2. The van der Waals surface area contributed by atoms with Crippen LogP contribution in [0.4, 0.5) is 11.4 Å². The summed E-state index contributed by atoms with van der Waals surface area (Å²) in [7, 11) is -0.399. The Morgan fingerprint density at radius 2 is 1.42 bits per heavy atom. The van der Waals surface area contributed by atoms with Crippen molar-refractivity contribution >= 4 is 29.0 Å². The van der Waals surface area contributed by atoms with E-state index < -0.39 is 0 Å².